The Morgan fingerprint density at radius 2 is 1.64 bits per heavy atom. The molecular formula is C19H23Cl2NO2S. The molecule has 3 nitrogen and oxygen atoms in total. The first-order valence-electron chi connectivity index (χ1n) is 9.04. The zero-order chi connectivity index (χ0) is 17.6. The molecule has 0 radical (unpaired) electrons. The Hall–Kier alpha value is -0.580. The number of carbonyl (C=O) groups excluding carboxylic acids is 1. The fourth-order valence-electron chi connectivity index (χ4n) is 5.51. The number of phenolic OH excluding ortho intramolecular Hbond substituents is 1. The summed E-state index contributed by atoms with van der Waals surface area (Å²) in [5.74, 6) is 3.25. The molecule has 4 aliphatic rings. The first-order valence-corrected chi connectivity index (χ1v) is 10.8. The maximum Gasteiger partial charge on any atom is 0.221 e. The highest BCUT2D eigenvalue weighted by Crippen LogP contribution is 2.55. The molecule has 1 aromatic rings. The lowest BCUT2D eigenvalue weighted by atomic mass is 9.53. The molecule has 0 unspecified atom stereocenters. The predicted octanol–water partition coefficient (Wildman–Crippen LogP) is 5.27. The lowest BCUT2D eigenvalue weighted by Gasteiger charge is -2.56. The molecule has 4 bridgehead atoms. The molecule has 1 amide bonds. The maximum atomic E-state index is 12.5. The lowest BCUT2D eigenvalue weighted by molar-refractivity contribution is -0.126. The molecule has 4 fully saturated rings. The molecule has 5 rings (SSSR count). The number of halogens is 2. The van der Waals surface area contributed by atoms with Gasteiger partial charge in [-0.15, -0.1) is 11.8 Å². The average Bonchev–Trinajstić information content (AvgIpc) is 2.50. The Balaban J connectivity index is 1.30. The molecule has 0 aromatic heterocycles. The molecule has 0 heterocycles. The number of hydrogen-bond donors (Lipinski definition) is 2. The van der Waals surface area contributed by atoms with Crippen molar-refractivity contribution in [3.63, 3.8) is 0 Å². The minimum atomic E-state index is -0.0905. The summed E-state index contributed by atoms with van der Waals surface area (Å²) in [4.78, 5) is 13.4. The highest BCUT2D eigenvalue weighted by Gasteiger charge is 2.51. The van der Waals surface area contributed by atoms with Crippen molar-refractivity contribution in [3.05, 3.63) is 22.2 Å². The predicted molar refractivity (Wildman–Crippen MR) is 103 cm³/mol. The van der Waals surface area contributed by atoms with Gasteiger partial charge in [0.1, 0.15) is 0 Å². The van der Waals surface area contributed by atoms with E-state index in [1.807, 2.05) is 0 Å². The molecule has 1 aromatic carbocycles. The summed E-state index contributed by atoms with van der Waals surface area (Å²) in [7, 11) is 0. The number of carbonyl (C=O) groups is 1. The van der Waals surface area contributed by atoms with Crippen molar-refractivity contribution in [3.8, 4) is 5.75 Å². The summed E-state index contributed by atoms with van der Waals surface area (Å²) in [5.41, 5.74) is 0.0850. The van der Waals surface area contributed by atoms with Gasteiger partial charge in [0.2, 0.25) is 5.91 Å². The monoisotopic (exact) mass is 399 g/mol. The SMILES string of the molecule is O=C(CCSc1cc(Cl)c(O)c(Cl)c1)NC12CC3CC(CC(C3)C1)C2. The van der Waals surface area contributed by atoms with Crippen molar-refractivity contribution in [2.45, 2.75) is 55.4 Å². The van der Waals surface area contributed by atoms with Gasteiger partial charge in [0.25, 0.3) is 0 Å². The number of amides is 1. The quantitative estimate of drug-likeness (QED) is 0.663. The van der Waals surface area contributed by atoms with Gasteiger partial charge < -0.3 is 10.4 Å². The van der Waals surface area contributed by atoms with Gasteiger partial charge >= 0.3 is 0 Å². The summed E-state index contributed by atoms with van der Waals surface area (Å²) in [6.45, 7) is 0. The highest BCUT2D eigenvalue weighted by atomic mass is 35.5. The minimum Gasteiger partial charge on any atom is -0.505 e. The Morgan fingerprint density at radius 1 is 1.12 bits per heavy atom. The molecule has 6 heteroatoms. The van der Waals surface area contributed by atoms with Crippen LogP contribution in [0.15, 0.2) is 17.0 Å². The Morgan fingerprint density at radius 3 is 2.16 bits per heavy atom. The topological polar surface area (TPSA) is 49.3 Å². The number of rotatable bonds is 5. The molecule has 2 N–H and O–H groups in total. The van der Waals surface area contributed by atoms with Crippen LogP contribution in [0.1, 0.15) is 44.9 Å². The normalized spacial score (nSPS) is 32.8. The zero-order valence-electron chi connectivity index (χ0n) is 14.1. The largest absolute Gasteiger partial charge is 0.505 e. The number of phenols is 1. The van der Waals surface area contributed by atoms with Gasteiger partial charge in [0, 0.05) is 22.6 Å². The van der Waals surface area contributed by atoms with Crippen molar-refractivity contribution >= 4 is 40.9 Å². The summed E-state index contributed by atoms with van der Waals surface area (Å²) < 4.78 is 0. The van der Waals surface area contributed by atoms with Crippen LogP contribution in [0.4, 0.5) is 0 Å². The smallest absolute Gasteiger partial charge is 0.221 e. The molecule has 0 saturated heterocycles. The van der Waals surface area contributed by atoms with Crippen molar-refractivity contribution < 1.29 is 9.90 Å². The van der Waals surface area contributed by atoms with Crippen molar-refractivity contribution in [1.82, 2.24) is 5.32 Å². The number of nitrogens with one attached hydrogen (secondary N) is 1. The van der Waals surface area contributed by atoms with E-state index in [9.17, 15) is 9.90 Å². The van der Waals surface area contributed by atoms with Gasteiger partial charge in [-0.05, 0) is 68.4 Å². The highest BCUT2D eigenvalue weighted by molar-refractivity contribution is 7.99. The van der Waals surface area contributed by atoms with E-state index in [0.717, 1.165) is 22.6 Å². The average molecular weight is 400 g/mol. The molecule has 25 heavy (non-hydrogen) atoms. The second-order valence-electron chi connectivity index (χ2n) is 8.08. The standard InChI is InChI=1S/C19H23Cl2NO2S/c20-15-6-14(7-16(21)18(15)24)25-2-1-17(23)22-19-8-11-3-12(9-19)5-13(4-11)10-19/h6-7,11-13,24H,1-5,8-10H2,(H,22,23). The van der Waals surface area contributed by atoms with Gasteiger partial charge in [-0.3, -0.25) is 4.79 Å². The van der Waals surface area contributed by atoms with E-state index in [2.05, 4.69) is 5.32 Å². The Labute approximate surface area is 162 Å². The van der Waals surface area contributed by atoms with E-state index in [1.54, 1.807) is 12.1 Å². The fourth-order valence-corrected chi connectivity index (χ4v) is 7.05. The summed E-state index contributed by atoms with van der Waals surface area (Å²) in [5, 5.41) is 13.5. The van der Waals surface area contributed by atoms with Gasteiger partial charge in [0.15, 0.2) is 5.75 Å². The third-order valence-electron chi connectivity index (χ3n) is 6.03. The third-order valence-corrected chi connectivity index (χ3v) is 7.58. The molecule has 0 aliphatic heterocycles. The first kappa shape index (κ1) is 17.8. The molecular weight excluding hydrogens is 377 g/mol. The van der Waals surface area contributed by atoms with E-state index in [4.69, 9.17) is 23.2 Å². The first-order chi connectivity index (χ1) is 11.9. The van der Waals surface area contributed by atoms with Crippen molar-refractivity contribution in [1.29, 1.82) is 0 Å². The summed E-state index contributed by atoms with van der Waals surface area (Å²) in [6, 6.07) is 3.37. The van der Waals surface area contributed by atoms with Crippen LogP contribution in [-0.2, 0) is 4.79 Å². The minimum absolute atomic E-state index is 0.0850. The van der Waals surface area contributed by atoms with Crippen molar-refractivity contribution in [2.75, 3.05) is 5.75 Å². The number of benzene rings is 1. The molecule has 0 spiro atoms. The van der Waals surface area contributed by atoms with Crippen LogP contribution in [0.3, 0.4) is 0 Å². The van der Waals surface area contributed by atoms with Crippen molar-refractivity contribution in [2.24, 2.45) is 17.8 Å². The molecule has 136 valence electrons. The number of thioether (sulfide) groups is 1. The Bertz CT molecular complexity index is 636. The van der Waals surface area contributed by atoms with Crippen LogP contribution in [0.2, 0.25) is 10.0 Å². The fraction of sp³-hybridized carbons (Fsp3) is 0.632. The van der Waals surface area contributed by atoms with Gasteiger partial charge in [0.05, 0.1) is 10.0 Å². The van der Waals surface area contributed by atoms with Crippen LogP contribution in [0, 0.1) is 17.8 Å². The molecule has 4 aliphatic carbocycles. The third kappa shape index (κ3) is 3.77. The van der Waals surface area contributed by atoms with Gasteiger partial charge in [-0.1, -0.05) is 23.2 Å². The van der Waals surface area contributed by atoms with Crippen LogP contribution >= 0.6 is 35.0 Å². The van der Waals surface area contributed by atoms with Crippen LogP contribution < -0.4 is 5.32 Å². The zero-order valence-corrected chi connectivity index (χ0v) is 16.4. The van der Waals surface area contributed by atoms with Gasteiger partial charge in [-0.2, -0.15) is 0 Å². The second-order valence-corrected chi connectivity index (χ2v) is 10.1. The van der Waals surface area contributed by atoms with E-state index in [0.29, 0.717) is 12.2 Å². The maximum absolute atomic E-state index is 12.5. The lowest BCUT2D eigenvalue weighted by Crippen LogP contribution is -2.59. The number of hydrogen-bond acceptors (Lipinski definition) is 3. The van der Waals surface area contributed by atoms with E-state index in [1.165, 1.54) is 50.3 Å². The Kier molecular flexibility index (Phi) is 4.89. The van der Waals surface area contributed by atoms with Gasteiger partial charge in [-0.25, -0.2) is 0 Å². The molecule has 0 atom stereocenters. The van der Waals surface area contributed by atoms with E-state index < -0.39 is 0 Å². The van der Waals surface area contributed by atoms with Crippen LogP contribution in [0.5, 0.6) is 5.75 Å². The van der Waals surface area contributed by atoms with E-state index >= 15 is 0 Å². The summed E-state index contributed by atoms with van der Waals surface area (Å²) >= 11 is 13.4. The molecule has 4 saturated carbocycles. The second kappa shape index (κ2) is 6.86. The van der Waals surface area contributed by atoms with E-state index in [-0.39, 0.29) is 27.2 Å². The summed E-state index contributed by atoms with van der Waals surface area (Å²) in [6.07, 6.45) is 8.18. The van der Waals surface area contributed by atoms with Crippen LogP contribution in [-0.4, -0.2) is 22.3 Å². The van der Waals surface area contributed by atoms with Crippen LogP contribution in [0.25, 0.3) is 0 Å². The number of aromatic hydroxyl groups is 1.